The van der Waals surface area contributed by atoms with Crippen molar-refractivity contribution in [2.24, 2.45) is 0 Å². The van der Waals surface area contributed by atoms with Crippen molar-refractivity contribution >= 4 is 28.8 Å². The van der Waals surface area contributed by atoms with Crippen LogP contribution in [0.2, 0.25) is 0 Å². The molecule has 0 radical (unpaired) electrons. The fourth-order valence-electron chi connectivity index (χ4n) is 4.80. The molecule has 0 saturated carbocycles. The van der Waals surface area contributed by atoms with Crippen LogP contribution < -0.4 is 25.0 Å². The number of carbonyl (C=O) groups is 2. The van der Waals surface area contributed by atoms with Gasteiger partial charge in [0.2, 0.25) is 0 Å². The van der Waals surface area contributed by atoms with E-state index in [2.05, 4.69) is 44.0 Å². The first-order chi connectivity index (χ1) is 18.5. The van der Waals surface area contributed by atoms with Crippen LogP contribution in [0.1, 0.15) is 23.4 Å². The number of ether oxygens (including phenoxy) is 2. The van der Waals surface area contributed by atoms with Gasteiger partial charge in [-0.3, -0.25) is 14.5 Å². The van der Waals surface area contributed by atoms with Crippen molar-refractivity contribution in [3.05, 3.63) is 76.5 Å². The number of anilines is 1. The third-order valence-electron chi connectivity index (χ3n) is 6.88. The SMILES string of the molecule is COc1ccc(CCNC(=O)C(=O)N[C@@H](C)[C@H](c2cccs2)N2CCN(c3ccc(OC)cc3)CC2)cc1. The van der Waals surface area contributed by atoms with Crippen LogP contribution in [0.25, 0.3) is 0 Å². The molecule has 2 aromatic carbocycles. The number of piperazine rings is 1. The quantitative estimate of drug-likeness (QED) is 0.386. The van der Waals surface area contributed by atoms with Gasteiger partial charge in [0, 0.05) is 49.3 Å². The lowest BCUT2D eigenvalue weighted by atomic mass is 10.0. The molecule has 0 bridgehead atoms. The second-order valence-electron chi connectivity index (χ2n) is 9.30. The standard InChI is InChI=1S/C29H36N4O4S/c1-21(31-29(35)28(34)30-15-14-22-6-10-24(36-2)11-7-22)27(26-5-4-20-38-26)33-18-16-32(17-19-33)23-8-12-25(37-3)13-9-23/h4-13,20-21,27H,14-19H2,1-3H3,(H,30,34)(H,31,35)/t21-,27+/m0/s1. The zero-order chi connectivity index (χ0) is 26.9. The number of hydrogen-bond acceptors (Lipinski definition) is 7. The molecule has 9 heteroatoms. The van der Waals surface area contributed by atoms with E-state index in [1.807, 2.05) is 49.4 Å². The lowest BCUT2D eigenvalue weighted by Gasteiger charge is -2.42. The van der Waals surface area contributed by atoms with E-state index in [4.69, 9.17) is 9.47 Å². The monoisotopic (exact) mass is 536 g/mol. The van der Waals surface area contributed by atoms with E-state index in [-0.39, 0.29) is 12.1 Å². The molecule has 1 fully saturated rings. The minimum absolute atomic E-state index is 0.0101. The molecule has 0 spiro atoms. The Morgan fingerprint density at radius 1 is 0.895 bits per heavy atom. The molecule has 8 nitrogen and oxygen atoms in total. The second kappa shape index (κ2) is 13.3. The van der Waals surface area contributed by atoms with Crippen molar-refractivity contribution in [1.29, 1.82) is 0 Å². The summed E-state index contributed by atoms with van der Waals surface area (Å²) in [6.07, 6.45) is 0.634. The number of nitrogens with one attached hydrogen (secondary N) is 2. The number of hydrogen-bond donors (Lipinski definition) is 2. The molecule has 0 unspecified atom stereocenters. The van der Waals surface area contributed by atoms with E-state index in [0.29, 0.717) is 13.0 Å². The van der Waals surface area contributed by atoms with E-state index in [9.17, 15) is 9.59 Å². The fraction of sp³-hybridized carbons (Fsp3) is 0.379. The first-order valence-corrected chi connectivity index (χ1v) is 13.7. The van der Waals surface area contributed by atoms with Gasteiger partial charge < -0.3 is 25.0 Å². The van der Waals surface area contributed by atoms with Gasteiger partial charge in [-0.2, -0.15) is 0 Å². The van der Waals surface area contributed by atoms with Crippen molar-refractivity contribution in [3.63, 3.8) is 0 Å². The predicted octanol–water partition coefficient (Wildman–Crippen LogP) is 3.49. The van der Waals surface area contributed by atoms with Gasteiger partial charge in [0.05, 0.1) is 20.3 Å². The van der Waals surface area contributed by atoms with Gasteiger partial charge in [0.15, 0.2) is 0 Å². The van der Waals surface area contributed by atoms with Crippen molar-refractivity contribution < 1.29 is 19.1 Å². The highest BCUT2D eigenvalue weighted by Gasteiger charge is 2.32. The Morgan fingerprint density at radius 2 is 1.53 bits per heavy atom. The molecule has 1 aromatic heterocycles. The smallest absolute Gasteiger partial charge is 0.309 e. The molecule has 202 valence electrons. The van der Waals surface area contributed by atoms with Crippen LogP contribution in [0.5, 0.6) is 11.5 Å². The molecule has 38 heavy (non-hydrogen) atoms. The highest BCUT2D eigenvalue weighted by molar-refractivity contribution is 7.10. The summed E-state index contributed by atoms with van der Waals surface area (Å²) in [4.78, 5) is 31.2. The van der Waals surface area contributed by atoms with Gasteiger partial charge in [0.1, 0.15) is 11.5 Å². The van der Waals surface area contributed by atoms with Crippen LogP contribution in [-0.4, -0.2) is 69.7 Å². The Hall–Kier alpha value is -3.56. The first-order valence-electron chi connectivity index (χ1n) is 12.9. The van der Waals surface area contributed by atoms with E-state index in [1.54, 1.807) is 25.6 Å². The maximum absolute atomic E-state index is 12.8. The van der Waals surface area contributed by atoms with Gasteiger partial charge in [-0.05, 0) is 66.8 Å². The summed E-state index contributed by atoms with van der Waals surface area (Å²) in [5, 5.41) is 7.75. The van der Waals surface area contributed by atoms with Crippen LogP contribution in [0.3, 0.4) is 0 Å². The normalized spacial score (nSPS) is 15.4. The minimum Gasteiger partial charge on any atom is -0.497 e. The average molecular weight is 537 g/mol. The van der Waals surface area contributed by atoms with Crippen LogP contribution in [-0.2, 0) is 16.0 Å². The second-order valence-corrected chi connectivity index (χ2v) is 10.3. The lowest BCUT2D eigenvalue weighted by molar-refractivity contribution is -0.139. The van der Waals surface area contributed by atoms with E-state index < -0.39 is 11.8 Å². The highest BCUT2D eigenvalue weighted by atomic mass is 32.1. The number of benzene rings is 2. The van der Waals surface area contributed by atoms with E-state index >= 15 is 0 Å². The van der Waals surface area contributed by atoms with Gasteiger partial charge in [-0.15, -0.1) is 11.3 Å². The number of methoxy groups -OCH3 is 2. The number of nitrogens with zero attached hydrogens (tertiary/aromatic N) is 2. The Balaban J connectivity index is 1.31. The van der Waals surface area contributed by atoms with Gasteiger partial charge in [-0.1, -0.05) is 18.2 Å². The molecular weight excluding hydrogens is 500 g/mol. The largest absolute Gasteiger partial charge is 0.497 e. The van der Waals surface area contributed by atoms with Crippen LogP contribution in [0.15, 0.2) is 66.0 Å². The summed E-state index contributed by atoms with van der Waals surface area (Å²) in [6, 6.07) is 19.7. The maximum Gasteiger partial charge on any atom is 0.309 e. The Labute approximate surface area is 228 Å². The molecular formula is C29H36N4O4S. The summed E-state index contributed by atoms with van der Waals surface area (Å²) in [5.41, 5.74) is 2.23. The lowest BCUT2D eigenvalue weighted by Crippen LogP contribution is -2.53. The summed E-state index contributed by atoms with van der Waals surface area (Å²) in [6.45, 7) is 5.81. The van der Waals surface area contributed by atoms with Crippen molar-refractivity contribution in [3.8, 4) is 11.5 Å². The van der Waals surface area contributed by atoms with Crippen LogP contribution >= 0.6 is 11.3 Å². The third kappa shape index (κ3) is 7.05. The third-order valence-corrected chi connectivity index (χ3v) is 7.82. The minimum atomic E-state index is -0.611. The zero-order valence-electron chi connectivity index (χ0n) is 22.2. The number of rotatable bonds is 10. The molecule has 1 aliphatic rings. The number of carbonyl (C=O) groups excluding carboxylic acids is 2. The van der Waals surface area contributed by atoms with Crippen LogP contribution in [0, 0.1) is 0 Å². The van der Waals surface area contributed by atoms with Crippen molar-refractivity contribution in [2.45, 2.75) is 25.4 Å². The molecule has 2 atom stereocenters. The maximum atomic E-state index is 12.8. The molecule has 1 saturated heterocycles. The van der Waals surface area contributed by atoms with Crippen LogP contribution in [0.4, 0.5) is 5.69 Å². The van der Waals surface area contributed by atoms with Gasteiger partial charge in [0.25, 0.3) is 0 Å². The summed E-state index contributed by atoms with van der Waals surface area (Å²) in [7, 11) is 3.30. The molecule has 4 rings (SSSR count). The Kier molecular flexibility index (Phi) is 9.62. The van der Waals surface area contributed by atoms with Crippen molar-refractivity contribution in [1.82, 2.24) is 15.5 Å². The Bertz CT molecular complexity index is 1160. The topological polar surface area (TPSA) is 83.1 Å². The zero-order valence-corrected chi connectivity index (χ0v) is 23.0. The molecule has 2 heterocycles. The molecule has 2 N–H and O–H groups in total. The molecule has 2 amide bonds. The number of thiophene rings is 1. The molecule has 3 aromatic rings. The average Bonchev–Trinajstić information content (AvgIpc) is 3.48. The molecule has 0 aliphatic carbocycles. The summed E-state index contributed by atoms with van der Waals surface area (Å²) in [5.74, 6) is 0.415. The first kappa shape index (κ1) is 27.5. The Morgan fingerprint density at radius 3 is 2.11 bits per heavy atom. The summed E-state index contributed by atoms with van der Waals surface area (Å²) < 4.78 is 10.4. The van der Waals surface area contributed by atoms with Gasteiger partial charge in [-0.25, -0.2) is 0 Å². The molecule has 1 aliphatic heterocycles. The van der Waals surface area contributed by atoms with Gasteiger partial charge >= 0.3 is 11.8 Å². The fourth-order valence-corrected chi connectivity index (χ4v) is 5.76. The summed E-state index contributed by atoms with van der Waals surface area (Å²) >= 11 is 1.67. The highest BCUT2D eigenvalue weighted by Crippen LogP contribution is 2.30. The van der Waals surface area contributed by atoms with E-state index in [1.165, 1.54) is 10.6 Å². The van der Waals surface area contributed by atoms with Crippen molar-refractivity contribution in [2.75, 3.05) is 51.8 Å². The predicted molar refractivity (Wildman–Crippen MR) is 151 cm³/mol. The van der Waals surface area contributed by atoms with E-state index in [0.717, 1.165) is 43.2 Å². The number of amides is 2.